The van der Waals surface area contributed by atoms with E-state index in [4.69, 9.17) is 9.47 Å². The van der Waals surface area contributed by atoms with E-state index in [1.807, 2.05) is 56.3 Å². The second kappa shape index (κ2) is 8.31. The Morgan fingerprint density at radius 2 is 1.81 bits per heavy atom. The predicted octanol–water partition coefficient (Wildman–Crippen LogP) is 4.72. The second-order valence-electron chi connectivity index (χ2n) is 6.30. The highest BCUT2D eigenvalue weighted by Crippen LogP contribution is 2.38. The molecule has 0 atom stereocenters. The molecule has 3 rings (SSSR count). The minimum atomic E-state index is -0.299. The third-order valence-corrected chi connectivity index (χ3v) is 4.83. The lowest BCUT2D eigenvalue weighted by Crippen LogP contribution is -2.27. The smallest absolute Gasteiger partial charge is 0.293 e. The highest BCUT2D eigenvalue weighted by Gasteiger charge is 2.35. The van der Waals surface area contributed by atoms with Crippen molar-refractivity contribution in [3.63, 3.8) is 0 Å². The van der Waals surface area contributed by atoms with Crippen molar-refractivity contribution in [3.05, 3.63) is 64.6 Å². The summed E-state index contributed by atoms with van der Waals surface area (Å²) in [7, 11) is 1.57. The number of nitrogens with zero attached hydrogens (tertiary/aromatic N) is 1. The SMILES string of the molecule is COc1cccc(C=C2SC(=O)N(Cc3ccccc3)C2=O)c1OC(C)C. The molecular weight excluding hydrogens is 362 g/mol. The van der Waals surface area contributed by atoms with Crippen LogP contribution in [0.5, 0.6) is 11.5 Å². The molecule has 2 amide bonds. The Balaban J connectivity index is 1.90. The number of imide groups is 1. The topological polar surface area (TPSA) is 55.8 Å². The second-order valence-corrected chi connectivity index (χ2v) is 7.29. The van der Waals surface area contributed by atoms with Gasteiger partial charge < -0.3 is 9.47 Å². The third-order valence-electron chi connectivity index (χ3n) is 3.93. The molecule has 2 aromatic carbocycles. The van der Waals surface area contributed by atoms with Gasteiger partial charge in [-0.05, 0) is 43.3 Å². The lowest BCUT2D eigenvalue weighted by atomic mass is 10.1. The van der Waals surface area contributed by atoms with Crippen LogP contribution in [0.3, 0.4) is 0 Å². The molecular formula is C21H21NO4S. The Morgan fingerprint density at radius 1 is 1.07 bits per heavy atom. The Labute approximate surface area is 163 Å². The van der Waals surface area contributed by atoms with Gasteiger partial charge in [-0.1, -0.05) is 42.5 Å². The molecule has 0 N–H and O–H groups in total. The van der Waals surface area contributed by atoms with E-state index in [1.54, 1.807) is 19.3 Å². The van der Waals surface area contributed by atoms with Crippen molar-refractivity contribution in [2.75, 3.05) is 7.11 Å². The minimum absolute atomic E-state index is 0.0541. The molecule has 0 saturated carbocycles. The van der Waals surface area contributed by atoms with Gasteiger partial charge in [0.2, 0.25) is 0 Å². The predicted molar refractivity (Wildman–Crippen MR) is 107 cm³/mol. The fraction of sp³-hybridized carbons (Fsp3) is 0.238. The van der Waals surface area contributed by atoms with Crippen LogP contribution in [0.25, 0.3) is 6.08 Å². The zero-order chi connectivity index (χ0) is 19.4. The molecule has 0 spiro atoms. The Kier molecular flexibility index (Phi) is 5.86. The zero-order valence-corrected chi connectivity index (χ0v) is 16.3. The summed E-state index contributed by atoms with van der Waals surface area (Å²) in [5.41, 5.74) is 1.61. The van der Waals surface area contributed by atoms with E-state index in [2.05, 4.69) is 0 Å². The number of ether oxygens (including phenoxy) is 2. The first kappa shape index (κ1) is 19.0. The van der Waals surface area contributed by atoms with Crippen molar-refractivity contribution in [2.24, 2.45) is 0 Å². The molecule has 6 heteroatoms. The summed E-state index contributed by atoms with van der Waals surface area (Å²) in [6.07, 6.45) is 1.64. The molecule has 1 saturated heterocycles. The highest BCUT2D eigenvalue weighted by molar-refractivity contribution is 8.18. The van der Waals surface area contributed by atoms with Crippen LogP contribution in [-0.4, -0.2) is 29.3 Å². The number of benzene rings is 2. The molecule has 5 nitrogen and oxygen atoms in total. The average Bonchev–Trinajstić information content (AvgIpc) is 2.91. The summed E-state index contributed by atoms with van der Waals surface area (Å²) in [5, 5.41) is -0.274. The van der Waals surface area contributed by atoms with E-state index in [0.717, 1.165) is 17.3 Å². The van der Waals surface area contributed by atoms with Crippen LogP contribution in [0.4, 0.5) is 4.79 Å². The van der Waals surface area contributed by atoms with E-state index in [0.29, 0.717) is 22.0 Å². The molecule has 1 aliphatic rings. The summed E-state index contributed by atoms with van der Waals surface area (Å²) < 4.78 is 11.2. The molecule has 0 radical (unpaired) electrons. The fourth-order valence-electron chi connectivity index (χ4n) is 2.71. The van der Waals surface area contributed by atoms with E-state index < -0.39 is 0 Å². The summed E-state index contributed by atoms with van der Waals surface area (Å²) >= 11 is 0.939. The molecule has 0 bridgehead atoms. The molecule has 27 heavy (non-hydrogen) atoms. The van der Waals surface area contributed by atoms with Crippen LogP contribution < -0.4 is 9.47 Å². The van der Waals surface area contributed by atoms with Gasteiger partial charge in [0.1, 0.15) is 0 Å². The monoisotopic (exact) mass is 383 g/mol. The third kappa shape index (κ3) is 4.34. The van der Waals surface area contributed by atoms with E-state index in [9.17, 15) is 9.59 Å². The number of hydrogen-bond acceptors (Lipinski definition) is 5. The van der Waals surface area contributed by atoms with Crippen LogP contribution >= 0.6 is 11.8 Å². The number of methoxy groups -OCH3 is 1. The molecule has 0 aromatic heterocycles. The summed E-state index contributed by atoms with van der Waals surface area (Å²) in [6, 6.07) is 14.9. The molecule has 1 aliphatic heterocycles. The molecule has 1 heterocycles. The maximum atomic E-state index is 12.8. The van der Waals surface area contributed by atoms with Crippen molar-refractivity contribution >= 4 is 29.0 Å². The van der Waals surface area contributed by atoms with Gasteiger partial charge in [0.05, 0.1) is 24.7 Å². The van der Waals surface area contributed by atoms with Crippen LogP contribution in [0.15, 0.2) is 53.4 Å². The summed E-state index contributed by atoms with van der Waals surface area (Å²) in [5.74, 6) is 0.845. The van der Waals surface area contributed by atoms with Gasteiger partial charge >= 0.3 is 0 Å². The van der Waals surface area contributed by atoms with Gasteiger partial charge in [0.15, 0.2) is 11.5 Å². The van der Waals surface area contributed by atoms with Gasteiger partial charge in [0.25, 0.3) is 11.1 Å². The van der Waals surface area contributed by atoms with Gasteiger partial charge in [-0.3, -0.25) is 14.5 Å². The van der Waals surface area contributed by atoms with Crippen molar-refractivity contribution in [2.45, 2.75) is 26.5 Å². The minimum Gasteiger partial charge on any atom is -0.493 e. The number of carbonyl (C=O) groups excluding carboxylic acids is 2. The van der Waals surface area contributed by atoms with Crippen LogP contribution in [-0.2, 0) is 11.3 Å². The van der Waals surface area contributed by atoms with E-state index in [1.165, 1.54) is 4.90 Å². The zero-order valence-electron chi connectivity index (χ0n) is 15.5. The average molecular weight is 383 g/mol. The summed E-state index contributed by atoms with van der Waals surface area (Å²) in [6.45, 7) is 4.10. The maximum Gasteiger partial charge on any atom is 0.293 e. The number of hydrogen-bond donors (Lipinski definition) is 0. The standard InChI is InChI=1S/C21H21NO4S/c1-14(2)26-19-16(10-7-11-17(19)25-3)12-18-20(23)22(21(24)27-18)13-15-8-5-4-6-9-15/h4-12,14H,13H2,1-3H3. The Bertz CT molecular complexity index is 877. The number of carbonyl (C=O) groups is 2. The van der Waals surface area contributed by atoms with Gasteiger partial charge in [-0.2, -0.15) is 0 Å². The molecule has 2 aromatic rings. The Hall–Kier alpha value is -2.73. The first-order valence-corrected chi connectivity index (χ1v) is 9.44. The number of rotatable bonds is 6. The fourth-order valence-corrected chi connectivity index (χ4v) is 3.54. The van der Waals surface area contributed by atoms with E-state index in [-0.39, 0.29) is 23.8 Å². The number of thioether (sulfide) groups is 1. The maximum absolute atomic E-state index is 12.8. The van der Waals surface area contributed by atoms with E-state index >= 15 is 0 Å². The van der Waals surface area contributed by atoms with Crippen molar-refractivity contribution < 1.29 is 19.1 Å². The van der Waals surface area contributed by atoms with Crippen molar-refractivity contribution in [1.82, 2.24) is 4.90 Å². The summed E-state index contributed by atoms with van der Waals surface area (Å²) in [4.78, 5) is 26.7. The Morgan fingerprint density at radius 3 is 2.48 bits per heavy atom. The molecule has 140 valence electrons. The molecule has 1 fully saturated rings. The first-order chi connectivity index (χ1) is 13.0. The van der Waals surface area contributed by atoms with Gasteiger partial charge in [-0.25, -0.2) is 0 Å². The number of para-hydroxylation sites is 1. The lowest BCUT2D eigenvalue weighted by Gasteiger charge is -2.16. The van der Waals surface area contributed by atoms with Crippen molar-refractivity contribution in [1.29, 1.82) is 0 Å². The van der Waals surface area contributed by atoms with Crippen molar-refractivity contribution in [3.8, 4) is 11.5 Å². The molecule has 0 aliphatic carbocycles. The quantitative estimate of drug-likeness (QED) is 0.676. The lowest BCUT2D eigenvalue weighted by molar-refractivity contribution is -0.123. The normalized spacial score (nSPS) is 15.7. The largest absolute Gasteiger partial charge is 0.493 e. The van der Waals surface area contributed by atoms with Crippen LogP contribution in [0.2, 0.25) is 0 Å². The van der Waals surface area contributed by atoms with Gasteiger partial charge in [0, 0.05) is 5.56 Å². The first-order valence-electron chi connectivity index (χ1n) is 8.62. The van der Waals surface area contributed by atoms with Gasteiger partial charge in [-0.15, -0.1) is 0 Å². The highest BCUT2D eigenvalue weighted by atomic mass is 32.2. The molecule has 0 unspecified atom stereocenters. The number of amides is 2. The van der Waals surface area contributed by atoms with Crippen LogP contribution in [0, 0.1) is 0 Å². The van der Waals surface area contributed by atoms with Crippen LogP contribution in [0.1, 0.15) is 25.0 Å².